The molecule has 3 aliphatic heterocycles. The van der Waals surface area contributed by atoms with E-state index < -0.39 is 17.9 Å². The van der Waals surface area contributed by atoms with Crippen molar-refractivity contribution in [1.82, 2.24) is 9.66 Å². The standard InChI is InChI=1S/C21H24N4O5/c1-12(26)13-11-16-17-18(19(13)30-16)22-21(28)25(20(17)27)24-9-7-23(8-10-24)14-5-3-4-6-15(14)29-2/h3-6,13,16,19H,7-11H2,1-2H3,(H,22,28)/t13-,16-,19+/m1/s1. The van der Waals surface area contributed by atoms with Crippen LogP contribution in [0.25, 0.3) is 0 Å². The molecular weight excluding hydrogens is 388 g/mol. The van der Waals surface area contributed by atoms with Crippen molar-refractivity contribution in [2.24, 2.45) is 5.92 Å². The molecule has 0 amide bonds. The molecule has 0 saturated carbocycles. The summed E-state index contributed by atoms with van der Waals surface area (Å²) in [6.45, 7) is 3.86. The molecule has 2 bridgehead atoms. The summed E-state index contributed by atoms with van der Waals surface area (Å²) in [6, 6.07) is 7.81. The molecule has 1 N–H and O–H groups in total. The van der Waals surface area contributed by atoms with Crippen LogP contribution in [-0.2, 0) is 9.53 Å². The third kappa shape index (κ3) is 2.76. The maximum Gasteiger partial charge on any atom is 0.347 e. The number of anilines is 1. The first-order valence-corrected chi connectivity index (χ1v) is 10.2. The van der Waals surface area contributed by atoms with E-state index in [1.54, 1.807) is 12.1 Å². The van der Waals surface area contributed by atoms with Gasteiger partial charge in [-0.05, 0) is 25.5 Å². The number of nitrogens with one attached hydrogen (secondary N) is 1. The first kappa shape index (κ1) is 18.9. The number of fused-ring (bicyclic) bond motifs is 5. The van der Waals surface area contributed by atoms with Crippen LogP contribution in [0.2, 0.25) is 0 Å². The van der Waals surface area contributed by atoms with Gasteiger partial charge in [0.1, 0.15) is 17.6 Å². The van der Waals surface area contributed by atoms with E-state index in [9.17, 15) is 14.4 Å². The molecule has 2 fully saturated rings. The van der Waals surface area contributed by atoms with E-state index in [0.717, 1.165) is 11.4 Å². The van der Waals surface area contributed by atoms with Crippen LogP contribution in [0.3, 0.4) is 0 Å². The fourth-order valence-electron chi connectivity index (χ4n) is 4.89. The van der Waals surface area contributed by atoms with E-state index in [1.807, 2.05) is 24.3 Å². The van der Waals surface area contributed by atoms with Crippen molar-refractivity contribution in [3.05, 3.63) is 56.4 Å². The second kappa shape index (κ2) is 7.02. The number of piperazine rings is 1. The molecule has 158 valence electrons. The monoisotopic (exact) mass is 412 g/mol. The van der Waals surface area contributed by atoms with Crippen molar-refractivity contribution in [2.45, 2.75) is 25.6 Å². The summed E-state index contributed by atoms with van der Waals surface area (Å²) in [6.07, 6.45) is -0.445. The zero-order valence-corrected chi connectivity index (χ0v) is 17.0. The van der Waals surface area contributed by atoms with Crippen LogP contribution >= 0.6 is 0 Å². The van der Waals surface area contributed by atoms with Crippen molar-refractivity contribution in [1.29, 1.82) is 0 Å². The molecule has 0 unspecified atom stereocenters. The number of hydrogen-bond donors (Lipinski definition) is 1. The van der Waals surface area contributed by atoms with Gasteiger partial charge in [0, 0.05) is 13.1 Å². The van der Waals surface area contributed by atoms with Crippen molar-refractivity contribution in [3.63, 3.8) is 0 Å². The van der Waals surface area contributed by atoms with Crippen molar-refractivity contribution >= 4 is 11.5 Å². The summed E-state index contributed by atoms with van der Waals surface area (Å²) >= 11 is 0. The molecule has 0 aliphatic carbocycles. The van der Waals surface area contributed by atoms with Crippen molar-refractivity contribution < 1.29 is 14.3 Å². The number of carbonyl (C=O) groups excluding carboxylic acids is 1. The molecule has 3 aliphatic rings. The Labute approximate surface area is 172 Å². The summed E-state index contributed by atoms with van der Waals surface area (Å²) in [5.74, 6) is 0.523. The second-order valence-corrected chi connectivity index (χ2v) is 7.99. The van der Waals surface area contributed by atoms with Gasteiger partial charge in [0.2, 0.25) is 0 Å². The number of benzene rings is 1. The zero-order chi connectivity index (χ0) is 21.0. The molecule has 30 heavy (non-hydrogen) atoms. The lowest BCUT2D eigenvalue weighted by Gasteiger charge is -2.37. The maximum absolute atomic E-state index is 13.2. The molecule has 2 saturated heterocycles. The highest BCUT2D eigenvalue weighted by molar-refractivity contribution is 5.80. The molecule has 9 nitrogen and oxygen atoms in total. The topological polar surface area (TPSA) is 96.9 Å². The van der Waals surface area contributed by atoms with E-state index in [4.69, 9.17) is 9.47 Å². The number of aromatic amines is 1. The Kier molecular flexibility index (Phi) is 4.43. The van der Waals surface area contributed by atoms with Crippen LogP contribution in [0, 0.1) is 5.92 Å². The van der Waals surface area contributed by atoms with Crippen LogP contribution in [0.1, 0.15) is 36.8 Å². The Balaban J connectivity index is 1.41. The highest BCUT2D eigenvalue weighted by atomic mass is 16.5. The lowest BCUT2D eigenvalue weighted by atomic mass is 9.85. The number of nitrogens with zero attached hydrogens (tertiary/aromatic N) is 3. The highest BCUT2D eigenvalue weighted by Crippen LogP contribution is 2.51. The molecule has 0 spiro atoms. The molecule has 1 aromatic heterocycles. The van der Waals surface area contributed by atoms with Gasteiger partial charge < -0.3 is 24.4 Å². The Morgan fingerprint density at radius 1 is 1.17 bits per heavy atom. The first-order chi connectivity index (χ1) is 14.5. The quantitative estimate of drug-likeness (QED) is 0.791. The number of aromatic nitrogens is 2. The van der Waals surface area contributed by atoms with Crippen LogP contribution < -0.4 is 25.9 Å². The molecule has 2 aromatic rings. The minimum atomic E-state index is -0.514. The smallest absolute Gasteiger partial charge is 0.347 e. The summed E-state index contributed by atoms with van der Waals surface area (Å²) in [5, 5.41) is 1.78. The number of H-pyrrole nitrogens is 1. The van der Waals surface area contributed by atoms with Crippen LogP contribution in [0.15, 0.2) is 33.9 Å². The van der Waals surface area contributed by atoms with Gasteiger partial charge in [0.25, 0.3) is 5.56 Å². The summed E-state index contributed by atoms with van der Waals surface area (Å²) in [4.78, 5) is 42.9. The normalized spacial score (nSPS) is 24.8. The first-order valence-electron chi connectivity index (χ1n) is 10.2. The van der Waals surface area contributed by atoms with Crippen LogP contribution in [0.5, 0.6) is 5.75 Å². The number of Topliss-reactive ketones (excluding diaryl/α,β-unsaturated/α-hetero) is 1. The maximum atomic E-state index is 13.2. The van der Waals surface area contributed by atoms with Crippen molar-refractivity contribution in [3.8, 4) is 5.75 Å². The van der Waals surface area contributed by atoms with E-state index in [1.165, 1.54) is 11.6 Å². The number of hydrogen-bond acceptors (Lipinski definition) is 7. The molecule has 1 aromatic carbocycles. The third-order valence-corrected chi connectivity index (χ3v) is 6.38. The Morgan fingerprint density at radius 3 is 2.60 bits per heavy atom. The van der Waals surface area contributed by atoms with Gasteiger partial charge in [-0.3, -0.25) is 9.59 Å². The summed E-state index contributed by atoms with van der Waals surface area (Å²) < 4.78 is 12.5. The minimum Gasteiger partial charge on any atom is -0.495 e. The Bertz CT molecular complexity index is 1120. The number of para-hydroxylation sites is 2. The average molecular weight is 412 g/mol. The molecule has 0 radical (unpaired) electrons. The fraction of sp³-hybridized carbons (Fsp3) is 0.476. The molecule has 3 atom stereocenters. The number of ether oxygens (including phenoxy) is 2. The lowest BCUT2D eigenvalue weighted by Crippen LogP contribution is -2.59. The Morgan fingerprint density at radius 2 is 1.90 bits per heavy atom. The minimum absolute atomic E-state index is 0.0191. The zero-order valence-electron chi connectivity index (χ0n) is 17.0. The molecule has 5 rings (SSSR count). The van der Waals surface area contributed by atoms with Gasteiger partial charge in [0.05, 0.1) is 49.2 Å². The number of ketones is 1. The third-order valence-electron chi connectivity index (χ3n) is 6.38. The van der Waals surface area contributed by atoms with Crippen molar-refractivity contribution in [2.75, 3.05) is 43.2 Å². The van der Waals surface area contributed by atoms with E-state index >= 15 is 0 Å². The second-order valence-electron chi connectivity index (χ2n) is 7.99. The van der Waals surface area contributed by atoms with Gasteiger partial charge in [-0.2, -0.15) is 4.68 Å². The van der Waals surface area contributed by atoms with E-state index in [2.05, 4.69) is 9.88 Å². The van der Waals surface area contributed by atoms with Gasteiger partial charge in [-0.1, -0.05) is 12.1 Å². The van der Waals surface area contributed by atoms with E-state index in [-0.39, 0.29) is 17.3 Å². The fourth-order valence-corrected chi connectivity index (χ4v) is 4.89. The van der Waals surface area contributed by atoms with E-state index in [0.29, 0.717) is 43.9 Å². The van der Waals surface area contributed by atoms with Crippen LogP contribution in [-0.4, -0.2) is 48.7 Å². The van der Waals surface area contributed by atoms with Gasteiger partial charge in [-0.15, -0.1) is 0 Å². The number of methoxy groups -OCH3 is 1. The lowest BCUT2D eigenvalue weighted by molar-refractivity contribution is -0.122. The summed E-state index contributed by atoms with van der Waals surface area (Å²) in [7, 11) is 1.64. The molecular formula is C21H24N4O5. The molecule has 4 heterocycles. The number of carbonyl (C=O) groups is 1. The number of rotatable bonds is 4. The highest BCUT2D eigenvalue weighted by Gasteiger charge is 2.50. The average Bonchev–Trinajstić information content (AvgIpc) is 3.33. The molecule has 9 heteroatoms. The predicted molar refractivity (Wildman–Crippen MR) is 110 cm³/mol. The predicted octanol–water partition coefficient (Wildman–Crippen LogP) is 0.725. The van der Waals surface area contributed by atoms with Crippen LogP contribution in [0.4, 0.5) is 5.69 Å². The summed E-state index contributed by atoms with van der Waals surface area (Å²) in [5.41, 5.74) is 1.14. The largest absolute Gasteiger partial charge is 0.495 e. The van der Waals surface area contributed by atoms with Gasteiger partial charge >= 0.3 is 5.69 Å². The van der Waals surface area contributed by atoms with Gasteiger partial charge in [0.15, 0.2) is 0 Å². The SMILES string of the molecule is COc1ccccc1N1CCN(n2c(=O)[nH]c3c(c2=O)[C@H]2C[C@H](C(C)=O)[C@@H]3O2)CC1. The Hall–Kier alpha value is -3.07. The van der Waals surface area contributed by atoms with Gasteiger partial charge in [-0.25, -0.2) is 4.79 Å².